The Hall–Kier alpha value is -3.71. The van der Waals surface area contributed by atoms with E-state index in [1.54, 1.807) is 0 Å². The van der Waals surface area contributed by atoms with Gasteiger partial charge in [0.25, 0.3) is 11.8 Å². The first kappa shape index (κ1) is 25.4. The van der Waals surface area contributed by atoms with Crippen molar-refractivity contribution in [3.05, 3.63) is 37.8 Å². The van der Waals surface area contributed by atoms with Crippen LogP contribution in [0.4, 0.5) is 5.13 Å². The molecule has 2 amide bonds. The van der Waals surface area contributed by atoms with Crippen molar-refractivity contribution in [3.8, 4) is 0 Å². The summed E-state index contributed by atoms with van der Waals surface area (Å²) >= 11 is 3.14. The Morgan fingerprint density at radius 1 is 1.36 bits per heavy atom. The maximum atomic E-state index is 12.9. The first-order chi connectivity index (χ1) is 17.1. The van der Waals surface area contributed by atoms with Gasteiger partial charge in [-0.25, -0.2) is 4.79 Å². The average Bonchev–Trinajstić information content (AvgIpc) is 3.27. The van der Waals surface area contributed by atoms with E-state index in [9.17, 15) is 29.1 Å². The molecular formula is C17H17N9O7S3. The number of aliphatic carboxylic acids is 1. The van der Waals surface area contributed by atoms with E-state index in [2.05, 4.69) is 34.8 Å². The highest BCUT2D eigenvalue weighted by atomic mass is 32.2. The third-order valence-electron chi connectivity index (χ3n) is 4.91. The zero-order chi connectivity index (χ0) is 26.1. The summed E-state index contributed by atoms with van der Waals surface area (Å²) in [5.74, 6) is -2.49. The lowest BCUT2D eigenvalue weighted by Gasteiger charge is -2.49. The molecule has 0 spiro atoms. The van der Waals surface area contributed by atoms with E-state index >= 15 is 0 Å². The Kier molecular flexibility index (Phi) is 7.13. The maximum absolute atomic E-state index is 12.9. The molecule has 2 aliphatic heterocycles. The molecule has 2 aliphatic rings. The van der Waals surface area contributed by atoms with Crippen LogP contribution in [0.5, 0.6) is 0 Å². The number of aryl methyl sites for hydroxylation is 1. The van der Waals surface area contributed by atoms with E-state index in [0.29, 0.717) is 5.57 Å². The van der Waals surface area contributed by atoms with Crippen LogP contribution in [0.25, 0.3) is 0 Å². The first-order valence-electron chi connectivity index (χ1n) is 9.84. The summed E-state index contributed by atoms with van der Waals surface area (Å²) in [5, 5.41) is 17.9. The van der Waals surface area contributed by atoms with Crippen molar-refractivity contribution in [1.29, 1.82) is 0 Å². The fraction of sp³-hybridized carbons (Fsp3) is 0.353. The third-order valence-corrected chi connectivity index (χ3v) is 7.91. The number of H-pyrrole nitrogens is 1. The predicted octanol–water partition coefficient (Wildman–Crippen LogP) is -2.22. The minimum absolute atomic E-state index is 0.0764. The molecule has 4 heterocycles. The second-order valence-corrected chi connectivity index (χ2v) is 10.0. The van der Waals surface area contributed by atoms with Gasteiger partial charge in [-0.2, -0.15) is 14.3 Å². The number of aromatic nitrogens is 5. The SMILES string of the molecule is CON=C(C(=O)NC1C(=O)N2C(C(=O)O)=C(CSc3nc(=O)c(=O)[nH]n3C)CS[C@H]12)c1nsc(N)n1. The van der Waals surface area contributed by atoms with Crippen LogP contribution in [0, 0.1) is 0 Å². The fourth-order valence-corrected chi connectivity index (χ4v) is 6.19. The molecule has 1 fully saturated rings. The number of nitrogens with one attached hydrogen (secondary N) is 2. The highest BCUT2D eigenvalue weighted by Crippen LogP contribution is 2.41. The molecule has 2 atom stereocenters. The zero-order valence-electron chi connectivity index (χ0n) is 18.5. The number of carbonyl (C=O) groups is 3. The van der Waals surface area contributed by atoms with Crippen LogP contribution < -0.4 is 22.2 Å². The Labute approximate surface area is 213 Å². The number of aromatic amines is 1. The monoisotopic (exact) mass is 555 g/mol. The van der Waals surface area contributed by atoms with E-state index < -0.39 is 40.3 Å². The van der Waals surface area contributed by atoms with Crippen LogP contribution in [0.1, 0.15) is 5.82 Å². The number of nitrogens with zero attached hydrogens (tertiary/aromatic N) is 6. The molecule has 16 nitrogen and oxygen atoms in total. The van der Waals surface area contributed by atoms with E-state index in [4.69, 9.17) is 5.73 Å². The molecule has 0 aromatic carbocycles. The van der Waals surface area contributed by atoms with E-state index in [-0.39, 0.29) is 39.0 Å². The highest BCUT2D eigenvalue weighted by Gasteiger charge is 2.54. The van der Waals surface area contributed by atoms with Gasteiger partial charge in [-0.05, 0) is 5.57 Å². The van der Waals surface area contributed by atoms with Gasteiger partial charge >= 0.3 is 17.1 Å². The summed E-state index contributed by atoms with van der Waals surface area (Å²) in [7, 11) is 2.71. The van der Waals surface area contributed by atoms with Crippen molar-refractivity contribution < 1.29 is 24.3 Å². The highest BCUT2D eigenvalue weighted by molar-refractivity contribution is 8.01. The second kappa shape index (κ2) is 10.1. The minimum Gasteiger partial charge on any atom is -0.477 e. The largest absolute Gasteiger partial charge is 0.477 e. The molecule has 19 heteroatoms. The average molecular weight is 556 g/mol. The third kappa shape index (κ3) is 4.71. The number of fused-ring (bicyclic) bond motifs is 1. The Morgan fingerprint density at radius 3 is 2.75 bits per heavy atom. The summed E-state index contributed by atoms with van der Waals surface area (Å²) < 4.78 is 5.16. The topological polar surface area (TPSA) is 228 Å². The smallest absolute Gasteiger partial charge is 0.352 e. The van der Waals surface area contributed by atoms with Crippen LogP contribution in [0.3, 0.4) is 0 Å². The van der Waals surface area contributed by atoms with Crippen molar-refractivity contribution in [2.24, 2.45) is 12.2 Å². The Morgan fingerprint density at radius 2 is 2.11 bits per heavy atom. The number of hydrogen-bond acceptors (Lipinski definition) is 14. The molecule has 1 saturated heterocycles. The fourth-order valence-electron chi connectivity index (χ4n) is 3.35. The van der Waals surface area contributed by atoms with Gasteiger partial charge in [-0.1, -0.05) is 16.9 Å². The number of β-lactam (4-membered cyclic amide) rings is 1. The summed E-state index contributed by atoms with van der Waals surface area (Å²) in [6, 6.07) is -1.02. The van der Waals surface area contributed by atoms with Gasteiger partial charge in [0, 0.05) is 30.1 Å². The summed E-state index contributed by atoms with van der Waals surface area (Å²) in [6.07, 6.45) is 0. The minimum atomic E-state index is -1.32. The molecule has 0 bridgehead atoms. The number of carboxylic acid groups (broad SMARTS) is 1. The van der Waals surface area contributed by atoms with Crippen molar-refractivity contribution in [3.63, 3.8) is 0 Å². The van der Waals surface area contributed by atoms with Gasteiger partial charge < -0.3 is 21.0 Å². The lowest BCUT2D eigenvalue weighted by molar-refractivity contribution is -0.150. The number of anilines is 1. The van der Waals surface area contributed by atoms with Crippen LogP contribution in [-0.4, -0.2) is 87.7 Å². The van der Waals surface area contributed by atoms with Crippen LogP contribution in [0.15, 0.2) is 31.2 Å². The van der Waals surface area contributed by atoms with Gasteiger partial charge in [-0.15, -0.1) is 11.8 Å². The number of amides is 2. The number of carboxylic acids is 1. The normalized spacial score (nSPS) is 19.6. The number of nitrogen functional groups attached to an aromatic ring is 1. The van der Waals surface area contributed by atoms with Gasteiger partial charge in [0.15, 0.2) is 10.3 Å². The van der Waals surface area contributed by atoms with E-state index in [1.807, 2.05) is 0 Å². The molecule has 4 rings (SSSR count). The van der Waals surface area contributed by atoms with Crippen molar-refractivity contribution in [1.82, 2.24) is 34.3 Å². The Balaban J connectivity index is 1.51. The molecule has 0 aliphatic carbocycles. The van der Waals surface area contributed by atoms with Gasteiger partial charge in [-0.3, -0.25) is 33.9 Å². The number of hydrogen-bond donors (Lipinski definition) is 4. The standard InChI is InChI=1S/C17H17N9O7S3/c1-25-17(21-11(28)12(29)22-25)35-4-5-3-34-14-7(13(30)26(14)8(5)15(31)32)19-10(27)6(23-33-2)9-20-16(18)36-24-9/h7,14H,3-4H2,1-2H3,(H,19,27)(H,22,29)(H,31,32)(H2,18,20,24)/t7?,14-/m1/s1. The van der Waals surface area contributed by atoms with Crippen molar-refractivity contribution >= 4 is 63.7 Å². The van der Waals surface area contributed by atoms with E-state index in [1.165, 1.54) is 30.6 Å². The molecule has 2 aromatic heterocycles. The van der Waals surface area contributed by atoms with Crippen molar-refractivity contribution in [2.75, 3.05) is 24.3 Å². The maximum Gasteiger partial charge on any atom is 0.352 e. The van der Waals surface area contributed by atoms with Gasteiger partial charge in [0.2, 0.25) is 11.5 Å². The lowest BCUT2D eigenvalue weighted by atomic mass is 10.0. The number of thioether (sulfide) groups is 2. The summed E-state index contributed by atoms with van der Waals surface area (Å²) in [6.45, 7) is 0. The number of rotatable bonds is 8. The Bertz CT molecular complexity index is 1430. The molecule has 190 valence electrons. The molecule has 5 N–H and O–H groups in total. The lowest BCUT2D eigenvalue weighted by Crippen LogP contribution is -2.71. The van der Waals surface area contributed by atoms with Crippen LogP contribution in [0.2, 0.25) is 0 Å². The first-order valence-corrected chi connectivity index (χ1v) is 12.6. The molecule has 0 saturated carbocycles. The molecule has 36 heavy (non-hydrogen) atoms. The molecular weight excluding hydrogens is 538 g/mol. The van der Waals surface area contributed by atoms with Gasteiger partial charge in [0.05, 0.1) is 0 Å². The van der Waals surface area contributed by atoms with Gasteiger partial charge in [0.1, 0.15) is 24.2 Å². The zero-order valence-corrected chi connectivity index (χ0v) is 20.9. The summed E-state index contributed by atoms with van der Waals surface area (Å²) in [4.78, 5) is 74.0. The van der Waals surface area contributed by atoms with E-state index in [0.717, 1.165) is 28.2 Å². The number of carbonyl (C=O) groups excluding carboxylic acids is 2. The number of nitrogens with two attached hydrogens (primary N) is 1. The second-order valence-electron chi connectivity index (χ2n) is 7.19. The summed E-state index contributed by atoms with van der Waals surface area (Å²) in [5.41, 5.74) is 3.62. The molecule has 2 aromatic rings. The molecule has 1 unspecified atom stereocenters. The number of oxime groups is 1. The molecule has 0 radical (unpaired) electrons. The quantitative estimate of drug-likeness (QED) is 0.0891. The van der Waals surface area contributed by atoms with Crippen LogP contribution >= 0.6 is 35.1 Å². The van der Waals surface area contributed by atoms with Crippen LogP contribution in [-0.2, 0) is 26.3 Å². The predicted molar refractivity (Wildman–Crippen MR) is 128 cm³/mol. The van der Waals surface area contributed by atoms with Crippen molar-refractivity contribution in [2.45, 2.75) is 16.6 Å².